The van der Waals surface area contributed by atoms with Crippen LogP contribution in [0, 0.1) is 11.3 Å². The zero-order chi connectivity index (χ0) is 13.9. The molecule has 0 saturated carbocycles. The van der Waals surface area contributed by atoms with E-state index >= 15 is 0 Å². The minimum Gasteiger partial charge on any atom is -0.370 e. The summed E-state index contributed by atoms with van der Waals surface area (Å²) in [5.41, 5.74) is 3.61. The van der Waals surface area contributed by atoms with E-state index in [4.69, 9.17) is 4.74 Å². The molecule has 1 atom stereocenters. The van der Waals surface area contributed by atoms with Crippen LogP contribution in [0.25, 0.3) is 5.52 Å². The molecule has 0 aliphatic rings. The highest BCUT2D eigenvalue weighted by molar-refractivity contribution is 5.63. The van der Waals surface area contributed by atoms with E-state index in [1.165, 1.54) is 0 Å². The van der Waals surface area contributed by atoms with Crippen LogP contribution >= 0.6 is 0 Å². The Hall–Kier alpha value is -2.57. The Bertz CT molecular complexity index is 769. The van der Waals surface area contributed by atoms with E-state index in [2.05, 4.69) is 6.07 Å². The van der Waals surface area contributed by atoms with E-state index in [9.17, 15) is 5.26 Å². The van der Waals surface area contributed by atoms with Gasteiger partial charge in [0.25, 0.3) is 0 Å². The van der Waals surface area contributed by atoms with E-state index < -0.39 is 0 Å². The van der Waals surface area contributed by atoms with Gasteiger partial charge in [-0.1, -0.05) is 36.4 Å². The molecule has 0 unspecified atom stereocenters. The van der Waals surface area contributed by atoms with E-state index in [-0.39, 0.29) is 6.10 Å². The quantitative estimate of drug-likeness (QED) is 0.724. The number of methoxy groups -OCH3 is 1. The molecule has 0 spiro atoms. The van der Waals surface area contributed by atoms with Crippen molar-refractivity contribution < 1.29 is 4.74 Å². The van der Waals surface area contributed by atoms with Crippen molar-refractivity contribution in [3.05, 3.63) is 77.6 Å². The standard InChI is InChI=1S/C17H14N2O/c1-20-17(13-7-3-2-4-8-13)16-11-14(12-18)15-9-5-6-10-19(15)16/h2-11,17H,1H3/t17-/m1/s1. The van der Waals surface area contributed by atoms with Gasteiger partial charge in [0.1, 0.15) is 12.2 Å². The number of pyridine rings is 1. The van der Waals surface area contributed by atoms with Gasteiger partial charge in [-0.2, -0.15) is 5.26 Å². The van der Waals surface area contributed by atoms with Gasteiger partial charge in [-0.3, -0.25) is 0 Å². The number of nitrogens with zero attached hydrogens (tertiary/aromatic N) is 2. The Balaban J connectivity index is 2.21. The molecular formula is C17H14N2O. The van der Waals surface area contributed by atoms with Gasteiger partial charge in [0.2, 0.25) is 0 Å². The number of rotatable bonds is 3. The topological polar surface area (TPSA) is 37.4 Å². The molecule has 1 aromatic carbocycles. The second-order valence-corrected chi connectivity index (χ2v) is 4.58. The van der Waals surface area contributed by atoms with Crippen LogP contribution in [0.3, 0.4) is 0 Å². The molecule has 0 N–H and O–H groups in total. The summed E-state index contributed by atoms with van der Waals surface area (Å²) in [5, 5.41) is 9.27. The maximum Gasteiger partial charge on any atom is 0.122 e. The number of aromatic nitrogens is 1. The van der Waals surface area contributed by atoms with Crippen LogP contribution in [0.15, 0.2) is 60.8 Å². The summed E-state index contributed by atoms with van der Waals surface area (Å²) in [4.78, 5) is 0. The summed E-state index contributed by atoms with van der Waals surface area (Å²) in [6, 6.07) is 20.0. The number of hydrogen-bond donors (Lipinski definition) is 0. The predicted octanol–water partition coefficient (Wildman–Crippen LogP) is 3.55. The van der Waals surface area contributed by atoms with Crippen LogP contribution in [0.2, 0.25) is 0 Å². The first-order valence-corrected chi connectivity index (χ1v) is 6.43. The summed E-state index contributed by atoms with van der Waals surface area (Å²) in [6.07, 6.45) is 1.77. The Labute approximate surface area is 117 Å². The summed E-state index contributed by atoms with van der Waals surface area (Å²) in [5.74, 6) is 0. The molecule has 0 fully saturated rings. The van der Waals surface area contributed by atoms with Crippen LogP contribution in [0.4, 0.5) is 0 Å². The van der Waals surface area contributed by atoms with Gasteiger partial charge in [-0.05, 0) is 23.8 Å². The summed E-state index contributed by atoms with van der Waals surface area (Å²) in [7, 11) is 1.69. The maximum atomic E-state index is 9.27. The predicted molar refractivity (Wildman–Crippen MR) is 77.4 cm³/mol. The molecular weight excluding hydrogens is 248 g/mol. The fraction of sp³-hybridized carbons (Fsp3) is 0.118. The van der Waals surface area contributed by atoms with Gasteiger partial charge in [-0.25, -0.2) is 0 Å². The zero-order valence-electron chi connectivity index (χ0n) is 11.2. The maximum absolute atomic E-state index is 9.27. The van der Waals surface area contributed by atoms with Crippen LogP contribution in [-0.2, 0) is 4.74 Å². The summed E-state index contributed by atoms with van der Waals surface area (Å²) >= 11 is 0. The molecule has 2 aromatic heterocycles. The Morgan fingerprint density at radius 2 is 1.85 bits per heavy atom. The smallest absolute Gasteiger partial charge is 0.122 e. The first kappa shape index (κ1) is 12.5. The van der Waals surface area contributed by atoms with E-state index in [0.29, 0.717) is 5.56 Å². The Morgan fingerprint density at radius 3 is 2.55 bits per heavy atom. The SMILES string of the molecule is CO[C@H](c1ccccc1)c1cc(C#N)c2ccccn12. The molecule has 98 valence electrons. The van der Waals surface area contributed by atoms with Crippen LogP contribution in [-0.4, -0.2) is 11.5 Å². The third-order valence-electron chi connectivity index (χ3n) is 3.43. The van der Waals surface area contributed by atoms with Crippen molar-refractivity contribution in [3.8, 4) is 6.07 Å². The molecule has 3 nitrogen and oxygen atoms in total. The Kier molecular flexibility index (Phi) is 3.24. The first-order chi connectivity index (χ1) is 9.85. The minimum absolute atomic E-state index is 0.187. The molecule has 3 heteroatoms. The first-order valence-electron chi connectivity index (χ1n) is 6.43. The molecule has 0 bridgehead atoms. The van der Waals surface area contributed by atoms with Crippen molar-refractivity contribution in [2.24, 2.45) is 0 Å². The highest BCUT2D eigenvalue weighted by atomic mass is 16.5. The van der Waals surface area contributed by atoms with Gasteiger partial charge >= 0.3 is 0 Å². The molecule has 0 aliphatic heterocycles. The Morgan fingerprint density at radius 1 is 1.10 bits per heavy atom. The highest BCUT2D eigenvalue weighted by Crippen LogP contribution is 2.29. The third-order valence-corrected chi connectivity index (χ3v) is 3.43. The molecule has 0 radical (unpaired) electrons. The minimum atomic E-state index is -0.187. The van der Waals surface area contributed by atoms with Crippen molar-refractivity contribution in [2.45, 2.75) is 6.10 Å². The molecule has 3 aromatic rings. The fourth-order valence-corrected chi connectivity index (χ4v) is 2.53. The van der Waals surface area contributed by atoms with E-state index in [1.807, 2.05) is 65.2 Å². The van der Waals surface area contributed by atoms with Crippen LogP contribution in [0.1, 0.15) is 22.9 Å². The lowest BCUT2D eigenvalue weighted by atomic mass is 10.1. The zero-order valence-corrected chi connectivity index (χ0v) is 11.2. The lowest BCUT2D eigenvalue weighted by molar-refractivity contribution is 0.132. The second kappa shape index (κ2) is 5.20. The van der Waals surface area contributed by atoms with Gasteiger partial charge in [-0.15, -0.1) is 0 Å². The second-order valence-electron chi connectivity index (χ2n) is 4.58. The molecule has 2 heterocycles. The van der Waals surface area contributed by atoms with Crippen LogP contribution < -0.4 is 0 Å². The average molecular weight is 262 g/mol. The van der Waals surface area contributed by atoms with Gasteiger partial charge < -0.3 is 9.14 Å². The number of ether oxygens (including phenoxy) is 1. The van der Waals surface area contributed by atoms with Gasteiger partial charge in [0, 0.05) is 13.3 Å². The lowest BCUT2D eigenvalue weighted by Gasteiger charge is -2.16. The van der Waals surface area contributed by atoms with E-state index in [0.717, 1.165) is 16.8 Å². The van der Waals surface area contributed by atoms with Gasteiger partial charge in [0.05, 0.1) is 16.8 Å². The normalized spacial score (nSPS) is 12.2. The largest absolute Gasteiger partial charge is 0.370 e. The molecule has 0 aliphatic carbocycles. The molecule has 3 rings (SSSR count). The highest BCUT2D eigenvalue weighted by Gasteiger charge is 2.19. The number of benzene rings is 1. The number of nitriles is 1. The molecule has 20 heavy (non-hydrogen) atoms. The van der Waals surface area contributed by atoms with Crippen molar-refractivity contribution in [1.82, 2.24) is 4.40 Å². The van der Waals surface area contributed by atoms with Crippen molar-refractivity contribution in [3.63, 3.8) is 0 Å². The van der Waals surface area contributed by atoms with Gasteiger partial charge in [0.15, 0.2) is 0 Å². The summed E-state index contributed by atoms with van der Waals surface area (Å²) in [6.45, 7) is 0. The number of hydrogen-bond acceptors (Lipinski definition) is 2. The average Bonchev–Trinajstić information content (AvgIpc) is 2.88. The third kappa shape index (κ3) is 1.97. The van der Waals surface area contributed by atoms with Crippen molar-refractivity contribution in [1.29, 1.82) is 5.26 Å². The molecule has 0 saturated heterocycles. The fourth-order valence-electron chi connectivity index (χ4n) is 2.53. The van der Waals surface area contributed by atoms with Crippen molar-refractivity contribution >= 4 is 5.52 Å². The van der Waals surface area contributed by atoms with E-state index in [1.54, 1.807) is 7.11 Å². The summed E-state index contributed by atoms with van der Waals surface area (Å²) < 4.78 is 7.67. The van der Waals surface area contributed by atoms with Crippen molar-refractivity contribution in [2.75, 3.05) is 7.11 Å². The van der Waals surface area contributed by atoms with Crippen LogP contribution in [0.5, 0.6) is 0 Å². The lowest BCUT2D eigenvalue weighted by Crippen LogP contribution is -2.06. The monoisotopic (exact) mass is 262 g/mol. The number of fused-ring (bicyclic) bond motifs is 1. The molecule has 0 amide bonds.